The van der Waals surface area contributed by atoms with Gasteiger partial charge in [0.1, 0.15) is 21.6 Å². The smallest absolute Gasteiger partial charge is 0.209 e. The number of halogens is 1. The van der Waals surface area contributed by atoms with E-state index in [9.17, 15) is 4.79 Å². The molecule has 0 saturated carbocycles. The molecule has 5 aromatic rings. The molecule has 0 bridgehead atoms. The second-order valence-corrected chi connectivity index (χ2v) is 9.84. The molecule has 1 saturated heterocycles. The fourth-order valence-corrected chi connectivity index (χ4v) is 5.70. The topological polar surface area (TPSA) is 81.7 Å². The number of aromatic nitrogens is 6. The summed E-state index contributed by atoms with van der Waals surface area (Å²) >= 11 is 1.44. The van der Waals surface area contributed by atoms with Crippen molar-refractivity contribution in [1.82, 2.24) is 34.7 Å². The molecule has 6 rings (SSSR count). The molecule has 1 aliphatic heterocycles. The summed E-state index contributed by atoms with van der Waals surface area (Å²) in [6, 6.07) is 7.96. The zero-order valence-corrected chi connectivity index (χ0v) is 20.5. The number of piperidine rings is 1. The van der Waals surface area contributed by atoms with Crippen molar-refractivity contribution in [3.05, 3.63) is 41.8 Å². The number of benzene rings is 2. The molecule has 1 fully saturated rings. The highest BCUT2D eigenvalue weighted by Crippen LogP contribution is 2.39. The Morgan fingerprint density at radius 1 is 1.17 bits per heavy atom. The van der Waals surface area contributed by atoms with Crippen molar-refractivity contribution in [3.63, 3.8) is 0 Å². The van der Waals surface area contributed by atoms with E-state index in [1.165, 1.54) is 11.8 Å². The van der Waals surface area contributed by atoms with Crippen LogP contribution in [0.15, 0.2) is 35.5 Å². The van der Waals surface area contributed by atoms with Gasteiger partial charge in [0.25, 0.3) is 0 Å². The summed E-state index contributed by atoms with van der Waals surface area (Å²) in [4.78, 5) is 17.6. The van der Waals surface area contributed by atoms with E-state index >= 15 is 4.39 Å². The van der Waals surface area contributed by atoms with Gasteiger partial charge in [0.05, 0.1) is 17.8 Å². The van der Waals surface area contributed by atoms with Gasteiger partial charge in [-0.3, -0.25) is 9.48 Å². The Labute approximate surface area is 205 Å². The molecular formula is C25H24FN7OS. The molecule has 178 valence electrons. The molecular weight excluding hydrogens is 465 g/mol. The maximum atomic E-state index is 16.3. The van der Waals surface area contributed by atoms with E-state index in [0.29, 0.717) is 40.1 Å². The minimum atomic E-state index is -0.345. The molecule has 1 aliphatic rings. The van der Waals surface area contributed by atoms with Crippen LogP contribution in [0.5, 0.6) is 0 Å². The normalized spacial score (nSPS) is 15.0. The lowest BCUT2D eigenvalue weighted by atomic mass is 9.96. The fourth-order valence-electron chi connectivity index (χ4n) is 5.19. The first-order valence-electron chi connectivity index (χ1n) is 11.5. The molecule has 2 aromatic carbocycles. The van der Waals surface area contributed by atoms with E-state index in [2.05, 4.69) is 15.4 Å². The second-order valence-electron chi connectivity index (χ2n) is 9.05. The highest BCUT2D eigenvalue weighted by Gasteiger charge is 2.26. The monoisotopic (exact) mass is 489 g/mol. The van der Waals surface area contributed by atoms with Gasteiger partial charge in [0.2, 0.25) is 6.41 Å². The third-order valence-corrected chi connectivity index (χ3v) is 7.70. The van der Waals surface area contributed by atoms with Crippen LogP contribution in [0.3, 0.4) is 0 Å². The van der Waals surface area contributed by atoms with Crippen LogP contribution in [-0.4, -0.2) is 60.4 Å². The number of hydrogen-bond acceptors (Lipinski definition) is 6. The van der Waals surface area contributed by atoms with Gasteiger partial charge >= 0.3 is 0 Å². The van der Waals surface area contributed by atoms with Crippen molar-refractivity contribution >= 4 is 51.0 Å². The van der Waals surface area contributed by atoms with Gasteiger partial charge in [-0.15, -0.1) is 16.9 Å². The van der Waals surface area contributed by atoms with E-state index in [-0.39, 0.29) is 11.9 Å². The van der Waals surface area contributed by atoms with E-state index in [1.807, 2.05) is 49.2 Å². The zero-order chi connectivity index (χ0) is 24.3. The lowest BCUT2D eigenvalue weighted by Crippen LogP contribution is -2.33. The van der Waals surface area contributed by atoms with Crippen molar-refractivity contribution < 1.29 is 9.18 Å². The molecule has 0 unspecified atom stereocenters. The Hall–Kier alpha value is -3.53. The van der Waals surface area contributed by atoms with Crippen LogP contribution in [0.1, 0.15) is 24.4 Å². The predicted octanol–water partition coefficient (Wildman–Crippen LogP) is 4.50. The zero-order valence-electron chi connectivity index (χ0n) is 19.7. The van der Waals surface area contributed by atoms with Crippen LogP contribution in [0, 0.1) is 12.7 Å². The quantitative estimate of drug-likeness (QED) is 0.273. The number of carbonyl (C=O) groups is 1. The van der Waals surface area contributed by atoms with Crippen LogP contribution >= 0.6 is 11.8 Å². The van der Waals surface area contributed by atoms with Crippen LogP contribution < -0.4 is 0 Å². The van der Waals surface area contributed by atoms with E-state index in [0.717, 1.165) is 46.8 Å². The summed E-state index contributed by atoms with van der Waals surface area (Å²) in [5.74, 6) is -0.345. The molecule has 4 heterocycles. The Balaban J connectivity index is 1.58. The highest BCUT2D eigenvalue weighted by atomic mass is 32.2. The number of hydrogen-bond donors (Lipinski definition) is 0. The molecule has 3 aromatic heterocycles. The summed E-state index contributed by atoms with van der Waals surface area (Å²) in [5.41, 5.74) is 4.90. The van der Waals surface area contributed by atoms with Gasteiger partial charge in [0.15, 0.2) is 5.82 Å². The van der Waals surface area contributed by atoms with Gasteiger partial charge in [-0.1, -0.05) is 17.3 Å². The van der Waals surface area contributed by atoms with Crippen LogP contribution in [0.2, 0.25) is 0 Å². The molecule has 0 N–H and O–H groups in total. The fraction of sp³-hybridized carbons (Fsp3) is 0.320. The number of amides is 1. The molecule has 0 spiro atoms. The number of likely N-dealkylation sites (tertiary alicyclic amines) is 1. The number of rotatable bonds is 4. The SMILES string of the molecule is CSc1nc2c(F)c(-c3ccc4cnn(C)c4c3)c(C)cc2c2c1nnn2C1CCN(C=O)CC1. The molecule has 0 radical (unpaired) electrons. The van der Waals surface area contributed by atoms with Gasteiger partial charge in [-0.25, -0.2) is 14.1 Å². The molecule has 35 heavy (non-hydrogen) atoms. The van der Waals surface area contributed by atoms with Gasteiger partial charge in [-0.05, 0) is 49.3 Å². The minimum absolute atomic E-state index is 0.0896. The first-order chi connectivity index (χ1) is 17.0. The lowest BCUT2D eigenvalue weighted by molar-refractivity contribution is -0.119. The average molecular weight is 490 g/mol. The van der Waals surface area contributed by atoms with Crippen molar-refractivity contribution in [2.75, 3.05) is 19.3 Å². The lowest BCUT2D eigenvalue weighted by Gasteiger charge is -2.29. The average Bonchev–Trinajstić information content (AvgIpc) is 3.48. The Bertz CT molecular complexity index is 1620. The molecule has 8 nitrogen and oxygen atoms in total. The maximum absolute atomic E-state index is 16.3. The first-order valence-corrected chi connectivity index (χ1v) is 12.8. The predicted molar refractivity (Wildman–Crippen MR) is 135 cm³/mol. The van der Waals surface area contributed by atoms with Crippen molar-refractivity contribution in [2.45, 2.75) is 30.8 Å². The van der Waals surface area contributed by atoms with Crippen molar-refractivity contribution in [2.24, 2.45) is 7.05 Å². The second kappa shape index (κ2) is 8.30. The highest BCUT2D eigenvalue weighted by molar-refractivity contribution is 7.98. The number of carbonyl (C=O) groups excluding carboxylic acids is 1. The van der Waals surface area contributed by atoms with Crippen molar-refractivity contribution in [3.8, 4) is 11.1 Å². The summed E-state index contributed by atoms with van der Waals surface area (Å²) in [5, 5.41) is 15.6. The molecule has 0 aliphatic carbocycles. The van der Waals surface area contributed by atoms with Gasteiger partial charge in [0, 0.05) is 36.5 Å². The third-order valence-electron chi connectivity index (χ3n) is 7.03. The van der Waals surface area contributed by atoms with Crippen LogP contribution in [0.4, 0.5) is 4.39 Å². The molecule has 1 amide bonds. The Morgan fingerprint density at radius 3 is 2.71 bits per heavy atom. The largest absolute Gasteiger partial charge is 0.345 e. The van der Waals surface area contributed by atoms with Gasteiger partial charge in [-0.2, -0.15) is 5.10 Å². The van der Waals surface area contributed by atoms with Crippen molar-refractivity contribution in [1.29, 1.82) is 0 Å². The van der Waals surface area contributed by atoms with Crippen LogP contribution in [-0.2, 0) is 11.8 Å². The van der Waals surface area contributed by atoms with E-state index in [4.69, 9.17) is 4.98 Å². The maximum Gasteiger partial charge on any atom is 0.209 e. The standard InChI is InChI=1S/C25H24FN7OS/c1-14-10-18-22(21(26)20(14)15-4-5-16-12-27-31(2)19(16)11-15)28-25(35-3)23-24(18)33(30-29-23)17-6-8-32(13-34)9-7-17/h4-5,10-13,17H,6-9H2,1-3H3. The molecule has 0 atom stereocenters. The number of nitrogens with zero attached hydrogens (tertiary/aromatic N) is 7. The Kier molecular flexibility index (Phi) is 5.21. The van der Waals surface area contributed by atoms with E-state index in [1.54, 1.807) is 15.8 Å². The number of aryl methyl sites for hydroxylation is 2. The number of pyridine rings is 1. The summed E-state index contributed by atoms with van der Waals surface area (Å²) < 4.78 is 20.0. The Morgan fingerprint density at radius 2 is 1.97 bits per heavy atom. The summed E-state index contributed by atoms with van der Waals surface area (Å²) in [6.45, 7) is 3.26. The summed E-state index contributed by atoms with van der Waals surface area (Å²) in [6.07, 6.45) is 6.17. The summed E-state index contributed by atoms with van der Waals surface area (Å²) in [7, 11) is 1.88. The van der Waals surface area contributed by atoms with E-state index < -0.39 is 0 Å². The minimum Gasteiger partial charge on any atom is -0.345 e. The first kappa shape index (κ1) is 22.0. The number of thioether (sulfide) groups is 1. The van der Waals surface area contributed by atoms with Crippen LogP contribution in [0.25, 0.3) is 44.0 Å². The third kappa shape index (κ3) is 3.38. The number of fused-ring (bicyclic) bond motifs is 4. The molecule has 10 heteroatoms. The van der Waals surface area contributed by atoms with Gasteiger partial charge < -0.3 is 4.90 Å².